The number of benzene rings is 1. The number of hydrogen-bond donors (Lipinski definition) is 1. The second-order valence-electron chi connectivity index (χ2n) is 5.33. The minimum Gasteiger partial charge on any atom is -0.492 e. The summed E-state index contributed by atoms with van der Waals surface area (Å²) < 4.78 is 31.3. The summed E-state index contributed by atoms with van der Waals surface area (Å²) in [4.78, 5) is 0. The third kappa shape index (κ3) is 3.86. The Balaban J connectivity index is 1.85. The first kappa shape index (κ1) is 15.1. The molecule has 1 aliphatic carbocycles. The van der Waals surface area contributed by atoms with E-state index in [1.54, 1.807) is 31.3 Å². The summed E-state index contributed by atoms with van der Waals surface area (Å²) in [5.74, 6) is 1.10. The first-order valence-electron chi connectivity index (χ1n) is 6.84. The van der Waals surface area contributed by atoms with Crippen LogP contribution in [-0.4, -0.2) is 38.2 Å². The highest BCUT2D eigenvalue weighted by Gasteiger charge is 2.35. The molecular formula is C14H22N2O3S. The van der Waals surface area contributed by atoms with Gasteiger partial charge >= 0.3 is 0 Å². The number of rotatable bonds is 7. The van der Waals surface area contributed by atoms with Gasteiger partial charge in [-0.15, -0.1) is 0 Å². The van der Waals surface area contributed by atoms with E-state index in [9.17, 15) is 8.42 Å². The van der Waals surface area contributed by atoms with Gasteiger partial charge in [-0.2, -0.15) is 0 Å². The molecule has 1 aliphatic rings. The molecule has 0 radical (unpaired) electrons. The third-order valence-corrected chi connectivity index (χ3v) is 5.68. The van der Waals surface area contributed by atoms with Crippen LogP contribution in [0.4, 0.5) is 5.69 Å². The van der Waals surface area contributed by atoms with Crippen LogP contribution in [0.15, 0.2) is 24.3 Å². The fraction of sp³-hybridized carbons (Fsp3) is 0.571. The summed E-state index contributed by atoms with van der Waals surface area (Å²) in [6, 6.07) is 7.06. The predicted molar refractivity (Wildman–Crippen MR) is 80.1 cm³/mol. The van der Waals surface area contributed by atoms with E-state index >= 15 is 0 Å². The Bertz CT molecular complexity index is 555. The van der Waals surface area contributed by atoms with Crippen molar-refractivity contribution in [2.45, 2.75) is 25.8 Å². The van der Waals surface area contributed by atoms with Gasteiger partial charge in [0.1, 0.15) is 12.4 Å². The molecule has 0 aromatic heterocycles. The lowest BCUT2D eigenvalue weighted by Crippen LogP contribution is -2.39. The molecule has 1 saturated carbocycles. The van der Waals surface area contributed by atoms with Gasteiger partial charge in [0.05, 0.1) is 5.75 Å². The van der Waals surface area contributed by atoms with Gasteiger partial charge in [0.2, 0.25) is 10.0 Å². The van der Waals surface area contributed by atoms with Crippen LogP contribution in [0.25, 0.3) is 0 Å². The lowest BCUT2D eigenvalue weighted by atomic mass is 10.2. The van der Waals surface area contributed by atoms with E-state index in [2.05, 4.69) is 0 Å². The van der Waals surface area contributed by atoms with E-state index < -0.39 is 10.0 Å². The molecule has 0 bridgehead atoms. The van der Waals surface area contributed by atoms with Crippen molar-refractivity contribution in [2.75, 3.05) is 25.1 Å². The molecule has 6 heteroatoms. The molecule has 0 saturated heterocycles. The van der Waals surface area contributed by atoms with Gasteiger partial charge in [-0.3, -0.25) is 0 Å². The van der Waals surface area contributed by atoms with Gasteiger partial charge in [0.15, 0.2) is 0 Å². The molecule has 0 spiro atoms. The Morgan fingerprint density at radius 1 is 1.45 bits per heavy atom. The molecule has 1 atom stereocenters. The predicted octanol–water partition coefficient (Wildman–Crippen LogP) is 1.71. The molecule has 2 rings (SSSR count). The lowest BCUT2D eigenvalue weighted by molar-refractivity contribution is 0.325. The summed E-state index contributed by atoms with van der Waals surface area (Å²) in [6.07, 6.45) is 2.25. The Morgan fingerprint density at radius 2 is 2.15 bits per heavy atom. The van der Waals surface area contributed by atoms with Crippen LogP contribution < -0.4 is 10.5 Å². The molecule has 1 aromatic carbocycles. The highest BCUT2D eigenvalue weighted by molar-refractivity contribution is 7.89. The van der Waals surface area contributed by atoms with Gasteiger partial charge in [0, 0.05) is 24.8 Å². The molecule has 20 heavy (non-hydrogen) atoms. The Hall–Kier alpha value is -1.27. The minimum absolute atomic E-state index is 0.0185. The fourth-order valence-corrected chi connectivity index (χ4v) is 3.40. The smallest absolute Gasteiger partial charge is 0.217 e. The minimum atomic E-state index is -3.27. The number of hydrogen-bond acceptors (Lipinski definition) is 4. The molecule has 1 unspecified atom stereocenters. The van der Waals surface area contributed by atoms with Gasteiger partial charge in [-0.1, -0.05) is 6.07 Å². The molecule has 1 aromatic rings. The number of anilines is 1. The SMILES string of the molecule is CC(C1CC1)N(C)S(=O)(=O)CCOc1cccc(N)c1. The van der Waals surface area contributed by atoms with Crippen LogP contribution in [0.1, 0.15) is 19.8 Å². The Kier molecular flexibility index (Phi) is 4.55. The van der Waals surface area contributed by atoms with E-state index in [1.165, 1.54) is 4.31 Å². The van der Waals surface area contributed by atoms with Crippen LogP contribution in [0.2, 0.25) is 0 Å². The van der Waals surface area contributed by atoms with Crippen molar-refractivity contribution in [1.29, 1.82) is 0 Å². The fourth-order valence-electron chi connectivity index (χ4n) is 2.14. The number of nitrogens with zero attached hydrogens (tertiary/aromatic N) is 1. The molecule has 0 aliphatic heterocycles. The quantitative estimate of drug-likeness (QED) is 0.778. The molecule has 0 heterocycles. The van der Waals surface area contributed by atoms with Crippen molar-refractivity contribution < 1.29 is 13.2 Å². The maximum absolute atomic E-state index is 12.2. The van der Waals surface area contributed by atoms with Crippen LogP contribution in [0, 0.1) is 5.92 Å². The largest absolute Gasteiger partial charge is 0.492 e. The standard InChI is InChI=1S/C14H22N2O3S/c1-11(12-6-7-12)16(2)20(17,18)9-8-19-14-5-3-4-13(15)10-14/h3-5,10-12H,6-9,15H2,1-2H3. The van der Waals surface area contributed by atoms with E-state index in [0.29, 0.717) is 17.4 Å². The zero-order valence-electron chi connectivity index (χ0n) is 12.0. The zero-order chi connectivity index (χ0) is 14.8. The Labute approximate surface area is 120 Å². The van der Waals surface area contributed by atoms with E-state index in [4.69, 9.17) is 10.5 Å². The first-order valence-corrected chi connectivity index (χ1v) is 8.45. The zero-order valence-corrected chi connectivity index (χ0v) is 12.8. The van der Waals surface area contributed by atoms with Gasteiger partial charge < -0.3 is 10.5 Å². The molecular weight excluding hydrogens is 276 g/mol. The summed E-state index contributed by atoms with van der Waals surface area (Å²) >= 11 is 0. The van der Waals surface area contributed by atoms with Crippen LogP contribution in [-0.2, 0) is 10.0 Å². The van der Waals surface area contributed by atoms with Crippen molar-refractivity contribution >= 4 is 15.7 Å². The maximum atomic E-state index is 12.2. The number of sulfonamides is 1. The highest BCUT2D eigenvalue weighted by Crippen LogP contribution is 2.35. The van der Waals surface area contributed by atoms with Gasteiger partial charge in [-0.25, -0.2) is 12.7 Å². The highest BCUT2D eigenvalue weighted by atomic mass is 32.2. The lowest BCUT2D eigenvalue weighted by Gasteiger charge is -2.24. The third-order valence-electron chi connectivity index (χ3n) is 3.78. The van der Waals surface area contributed by atoms with Gasteiger partial charge in [-0.05, 0) is 37.8 Å². The van der Waals surface area contributed by atoms with E-state index in [0.717, 1.165) is 12.8 Å². The van der Waals surface area contributed by atoms with Crippen molar-refractivity contribution in [3.8, 4) is 5.75 Å². The summed E-state index contributed by atoms with van der Waals surface area (Å²) in [5, 5.41) is 0. The van der Waals surface area contributed by atoms with E-state index in [1.807, 2.05) is 6.92 Å². The Morgan fingerprint density at radius 3 is 2.75 bits per heavy atom. The average Bonchev–Trinajstić information content (AvgIpc) is 3.21. The normalized spacial score (nSPS) is 17.1. The topological polar surface area (TPSA) is 72.6 Å². The van der Waals surface area contributed by atoms with Crippen molar-refractivity contribution in [1.82, 2.24) is 4.31 Å². The summed E-state index contributed by atoms with van der Waals surface area (Å²) in [5.41, 5.74) is 6.24. The summed E-state index contributed by atoms with van der Waals surface area (Å²) in [7, 11) is -1.62. The van der Waals surface area contributed by atoms with Crippen LogP contribution >= 0.6 is 0 Å². The number of nitrogen functional groups attached to an aromatic ring is 1. The second kappa shape index (κ2) is 6.01. The summed E-state index contributed by atoms with van der Waals surface area (Å²) in [6.45, 7) is 2.10. The molecule has 0 amide bonds. The molecule has 112 valence electrons. The molecule has 5 nitrogen and oxygen atoms in total. The van der Waals surface area contributed by atoms with Gasteiger partial charge in [0.25, 0.3) is 0 Å². The van der Waals surface area contributed by atoms with Crippen molar-refractivity contribution in [3.63, 3.8) is 0 Å². The maximum Gasteiger partial charge on any atom is 0.217 e. The number of nitrogens with two attached hydrogens (primary N) is 1. The van der Waals surface area contributed by atoms with E-state index in [-0.39, 0.29) is 18.4 Å². The monoisotopic (exact) mass is 298 g/mol. The molecule has 1 fully saturated rings. The van der Waals surface area contributed by atoms with Crippen molar-refractivity contribution in [2.24, 2.45) is 5.92 Å². The second-order valence-corrected chi connectivity index (χ2v) is 7.48. The first-order chi connectivity index (χ1) is 9.40. The van der Waals surface area contributed by atoms with Crippen LogP contribution in [0.5, 0.6) is 5.75 Å². The average molecular weight is 298 g/mol. The van der Waals surface area contributed by atoms with Crippen molar-refractivity contribution in [3.05, 3.63) is 24.3 Å². The number of ether oxygens (including phenoxy) is 1. The molecule has 2 N–H and O–H groups in total. The van der Waals surface area contributed by atoms with Crippen LogP contribution in [0.3, 0.4) is 0 Å².